The van der Waals surface area contributed by atoms with Crippen LogP contribution in [0.25, 0.3) is 10.6 Å². The monoisotopic (exact) mass is 480 g/mol. The zero-order valence-corrected chi connectivity index (χ0v) is 19.4. The van der Waals surface area contributed by atoms with E-state index in [-0.39, 0.29) is 0 Å². The highest BCUT2D eigenvalue weighted by Gasteiger charge is 2.30. The Hall–Kier alpha value is -2.38. The number of aliphatic imine (C=N–C) groups is 1. The molecule has 0 saturated heterocycles. The van der Waals surface area contributed by atoms with Gasteiger partial charge in [-0.2, -0.15) is 13.2 Å². The van der Waals surface area contributed by atoms with Gasteiger partial charge in [-0.05, 0) is 43.2 Å². The van der Waals surface area contributed by atoms with Crippen molar-refractivity contribution in [2.24, 2.45) is 4.99 Å². The number of rotatable bonds is 9. The van der Waals surface area contributed by atoms with E-state index in [4.69, 9.17) is 21.3 Å². The van der Waals surface area contributed by atoms with Gasteiger partial charge in [0.25, 0.3) is 0 Å². The van der Waals surface area contributed by atoms with E-state index in [2.05, 4.69) is 11.9 Å². The van der Waals surface area contributed by atoms with Gasteiger partial charge in [0.1, 0.15) is 10.8 Å². The minimum absolute atomic E-state index is 0.450. The predicted molar refractivity (Wildman–Crippen MR) is 125 cm³/mol. The highest BCUT2D eigenvalue weighted by molar-refractivity contribution is 7.15. The molecule has 0 aliphatic rings. The van der Waals surface area contributed by atoms with Crippen molar-refractivity contribution in [2.75, 3.05) is 13.7 Å². The van der Waals surface area contributed by atoms with Crippen LogP contribution >= 0.6 is 22.9 Å². The predicted octanol–water partition coefficient (Wildman–Crippen LogP) is 7.50. The molecule has 0 radical (unpaired) electrons. The van der Waals surface area contributed by atoms with Crippen molar-refractivity contribution in [3.05, 3.63) is 69.2 Å². The first-order chi connectivity index (χ1) is 15.3. The van der Waals surface area contributed by atoms with Gasteiger partial charge >= 0.3 is 6.18 Å². The summed E-state index contributed by atoms with van der Waals surface area (Å²) >= 11 is 7.76. The average Bonchev–Trinajstić information content (AvgIpc) is 3.16. The van der Waals surface area contributed by atoms with Gasteiger partial charge in [0.05, 0.1) is 22.9 Å². The van der Waals surface area contributed by atoms with Gasteiger partial charge < -0.3 is 4.74 Å². The van der Waals surface area contributed by atoms with Crippen molar-refractivity contribution in [1.29, 1.82) is 0 Å². The second kappa shape index (κ2) is 11.0. The van der Waals surface area contributed by atoms with Gasteiger partial charge in [-0.3, -0.25) is 4.99 Å². The maximum atomic E-state index is 12.9. The maximum absolute atomic E-state index is 12.9. The maximum Gasteiger partial charge on any atom is 0.416 e. The fraction of sp³-hybridized carbons (Fsp3) is 0.333. The summed E-state index contributed by atoms with van der Waals surface area (Å²) in [7, 11) is 1.69. The molecule has 0 unspecified atom stereocenters. The molecule has 0 amide bonds. The molecule has 0 atom stereocenters. The lowest BCUT2D eigenvalue weighted by molar-refractivity contribution is -0.137. The number of benzene rings is 2. The molecule has 32 heavy (non-hydrogen) atoms. The summed E-state index contributed by atoms with van der Waals surface area (Å²) in [6.45, 7) is 2.56. The van der Waals surface area contributed by atoms with Crippen LogP contribution in [0.4, 0.5) is 13.2 Å². The topological polar surface area (TPSA) is 34.5 Å². The van der Waals surface area contributed by atoms with Crippen LogP contribution in [0, 0.1) is 0 Å². The van der Waals surface area contributed by atoms with Crippen LogP contribution in [0.5, 0.6) is 5.75 Å². The second-order valence-corrected chi connectivity index (χ2v) is 8.73. The third-order valence-corrected chi connectivity index (χ3v) is 6.38. The number of aryl methyl sites for hydroxylation is 1. The summed E-state index contributed by atoms with van der Waals surface area (Å²) in [6.07, 6.45) is 0.870. The smallest absolute Gasteiger partial charge is 0.416 e. The molecule has 0 bridgehead atoms. The number of halogens is 4. The summed E-state index contributed by atoms with van der Waals surface area (Å²) in [6, 6.07) is 10.6. The summed E-state index contributed by atoms with van der Waals surface area (Å²) in [4.78, 5) is 9.78. The molecule has 0 saturated carbocycles. The van der Waals surface area contributed by atoms with Crippen molar-refractivity contribution >= 4 is 29.2 Å². The van der Waals surface area contributed by atoms with Crippen LogP contribution in [0.2, 0.25) is 5.02 Å². The first-order valence-corrected chi connectivity index (χ1v) is 11.5. The van der Waals surface area contributed by atoms with E-state index in [0.29, 0.717) is 29.4 Å². The number of nitrogens with zero attached hydrogens (tertiary/aromatic N) is 2. The van der Waals surface area contributed by atoms with E-state index in [1.54, 1.807) is 19.3 Å². The summed E-state index contributed by atoms with van der Waals surface area (Å²) in [5, 5.41) is 1.30. The third kappa shape index (κ3) is 6.33. The molecule has 0 fully saturated rings. The Morgan fingerprint density at radius 2 is 1.88 bits per heavy atom. The minimum Gasteiger partial charge on any atom is -0.493 e. The molecule has 3 rings (SSSR count). The normalized spacial score (nSPS) is 11.9. The zero-order chi connectivity index (χ0) is 23.1. The fourth-order valence-electron chi connectivity index (χ4n) is 3.15. The van der Waals surface area contributed by atoms with E-state index >= 15 is 0 Å². The molecule has 0 aliphatic carbocycles. The molecule has 0 aliphatic heterocycles. The highest BCUT2D eigenvalue weighted by Crippen LogP contribution is 2.33. The number of aromatic nitrogens is 1. The van der Waals surface area contributed by atoms with Gasteiger partial charge in [0.2, 0.25) is 0 Å². The molecule has 1 aromatic heterocycles. The van der Waals surface area contributed by atoms with Crippen LogP contribution < -0.4 is 4.74 Å². The number of unbranched alkanes of at least 4 members (excludes halogenated alkanes) is 1. The molecule has 170 valence electrons. The molecule has 1 heterocycles. The van der Waals surface area contributed by atoms with Crippen molar-refractivity contribution in [1.82, 2.24) is 4.98 Å². The van der Waals surface area contributed by atoms with E-state index in [0.717, 1.165) is 52.5 Å². The molecular weight excluding hydrogens is 457 g/mol. The lowest BCUT2D eigenvalue weighted by Gasteiger charge is -2.08. The first kappa shape index (κ1) is 24.3. The molecule has 3 aromatic rings. The van der Waals surface area contributed by atoms with E-state index in [9.17, 15) is 13.2 Å². The number of alkyl halides is 3. The highest BCUT2D eigenvalue weighted by atomic mass is 35.5. The van der Waals surface area contributed by atoms with Crippen molar-refractivity contribution in [3.8, 4) is 16.3 Å². The van der Waals surface area contributed by atoms with Crippen LogP contribution in [-0.2, 0) is 19.0 Å². The summed E-state index contributed by atoms with van der Waals surface area (Å²) < 4.78 is 44.4. The molecule has 8 heteroatoms. The van der Waals surface area contributed by atoms with Crippen molar-refractivity contribution in [3.63, 3.8) is 0 Å². The number of hydrogen-bond acceptors (Lipinski definition) is 4. The van der Waals surface area contributed by atoms with Crippen LogP contribution in [0.3, 0.4) is 0 Å². The molecular formula is C24H24ClF3N2OS. The lowest BCUT2D eigenvalue weighted by atomic mass is 10.1. The zero-order valence-electron chi connectivity index (χ0n) is 17.9. The van der Waals surface area contributed by atoms with Crippen LogP contribution in [0.1, 0.15) is 41.5 Å². The van der Waals surface area contributed by atoms with Gasteiger partial charge in [-0.15, -0.1) is 11.3 Å². The Bertz CT molecular complexity index is 1060. The van der Waals surface area contributed by atoms with E-state index < -0.39 is 11.7 Å². The second-order valence-electron chi connectivity index (χ2n) is 7.24. The molecule has 2 aromatic carbocycles. The SMILES string of the molecule is CCCCc1nc(-c2ccc(C(F)(F)F)cc2)sc1CCOc1ccc(C=NC)c(Cl)c1. The van der Waals surface area contributed by atoms with Crippen LogP contribution in [0.15, 0.2) is 47.5 Å². The van der Waals surface area contributed by atoms with Gasteiger partial charge in [-0.1, -0.05) is 37.1 Å². The summed E-state index contributed by atoms with van der Waals surface area (Å²) in [5.74, 6) is 0.672. The van der Waals surface area contributed by atoms with E-state index in [1.807, 2.05) is 12.1 Å². The van der Waals surface area contributed by atoms with Crippen molar-refractivity contribution in [2.45, 2.75) is 38.8 Å². The molecule has 0 N–H and O–H groups in total. The number of ether oxygens (including phenoxy) is 1. The Labute approximate surface area is 194 Å². The van der Waals surface area contributed by atoms with Crippen molar-refractivity contribution < 1.29 is 17.9 Å². The minimum atomic E-state index is -4.35. The number of hydrogen-bond donors (Lipinski definition) is 0. The average molecular weight is 481 g/mol. The largest absolute Gasteiger partial charge is 0.493 e. The standard InChI is InChI=1S/C24H24ClF3N2OS/c1-3-4-5-21-22(12-13-31-19-11-8-17(15-29-2)20(25)14-19)32-23(30-21)16-6-9-18(10-7-16)24(26,27)28/h6-11,14-15H,3-5,12-13H2,1-2H3. The Kier molecular flexibility index (Phi) is 8.32. The quantitative estimate of drug-likeness (QED) is 0.297. The summed E-state index contributed by atoms with van der Waals surface area (Å²) in [5.41, 5.74) is 1.84. The van der Waals surface area contributed by atoms with E-state index in [1.165, 1.54) is 23.5 Å². The fourth-order valence-corrected chi connectivity index (χ4v) is 4.46. The third-order valence-electron chi connectivity index (χ3n) is 4.84. The first-order valence-electron chi connectivity index (χ1n) is 10.3. The Balaban J connectivity index is 1.72. The van der Waals surface area contributed by atoms with Crippen LogP contribution in [-0.4, -0.2) is 24.9 Å². The van der Waals surface area contributed by atoms with Gasteiger partial charge in [0.15, 0.2) is 0 Å². The number of thiazole rings is 1. The Morgan fingerprint density at radius 1 is 1.12 bits per heavy atom. The van der Waals surface area contributed by atoms with Gasteiger partial charge in [0, 0.05) is 35.7 Å². The molecule has 3 nitrogen and oxygen atoms in total. The Morgan fingerprint density at radius 3 is 2.50 bits per heavy atom. The lowest BCUT2D eigenvalue weighted by Crippen LogP contribution is -2.03. The van der Waals surface area contributed by atoms with Gasteiger partial charge in [-0.25, -0.2) is 4.98 Å². The molecule has 0 spiro atoms.